The summed E-state index contributed by atoms with van der Waals surface area (Å²) in [5, 5.41) is 3.58. The van der Waals surface area contributed by atoms with Crippen molar-refractivity contribution in [3.05, 3.63) is 191 Å². The van der Waals surface area contributed by atoms with E-state index in [2.05, 4.69) is 177 Å². The number of benzene rings is 2. The predicted molar refractivity (Wildman–Crippen MR) is 209 cm³/mol. The maximum atomic E-state index is 4.50. The van der Waals surface area contributed by atoms with E-state index in [4.69, 9.17) is 0 Å². The molecule has 1 nitrogen and oxygen atoms in total. The van der Waals surface area contributed by atoms with Crippen LogP contribution in [0, 0.1) is 0 Å². The number of para-hydroxylation sites is 1. The normalized spacial score (nSPS) is 16.2. The fraction of sp³-hybridized carbons (Fsp3) is 0.209. The molecule has 0 aliphatic heterocycles. The lowest BCUT2D eigenvalue weighted by atomic mass is 9.91. The van der Waals surface area contributed by atoms with Crippen molar-refractivity contribution < 1.29 is 0 Å². The van der Waals surface area contributed by atoms with Crippen molar-refractivity contribution in [3.8, 4) is 0 Å². The van der Waals surface area contributed by atoms with Gasteiger partial charge in [-0.2, -0.15) is 12.6 Å². The fourth-order valence-corrected chi connectivity index (χ4v) is 6.59. The van der Waals surface area contributed by atoms with E-state index in [-0.39, 0.29) is 0 Å². The molecule has 2 aliphatic rings. The van der Waals surface area contributed by atoms with Gasteiger partial charge in [0.2, 0.25) is 0 Å². The SMILES string of the molecule is C=C(CC=CC1=CCC=CC=C1Nc1ccccc1)Sc1ccccc1C(C/C=C\C=C/C)C/C=C\C(=C/CS)C1=CC=CCC1. The van der Waals surface area contributed by atoms with E-state index in [0.717, 1.165) is 60.6 Å². The summed E-state index contributed by atoms with van der Waals surface area (Å²) in [6.45, 7) is 6.53. The molecule has 3 heteroatoms. The highest BCUT2D eigenvalue weighted by Crippen LogP contribution is 2.37. The van der Waals surface area contributed by atoms with Crippen LogP contribution in [0.5, 0.6) is 0 Å². The Kier molecular flexibility index (Phi) is 15.4. The van der Waals surface area contributed by atoms with Crippen molar-refractivity contribution in [1.82, 2.24) is 0 Å². The zero-order valence-corrected chi connectivity index (χ0v) is 28.7. The van der Waals surface area contributed by atoms with Gasteiger partial charge in [-0.15, -0.1) is 0 Å². The van der Waals surface area contributed by atoms with Crippen LogP contribution in [0.4, 0.5) is 5.69 Å². The summed E-state index contributed by atoms with van der Waals surface area (Å²) >= 11 is 6.29. The highest BCUT2D eigenvalue weighted by molar-refractivity contribution is 8.03. The van der Waals surface area contributed by atoms with Gasteiger partial charge < -0.3 is 5.32 Å². The quantitative estimate of drug-likeness (QED) is 0.107. The van der Waals surface area contributed by atoms with Crippen molar-refractivity contribution in [1.29, 1.82) is 0 Å². The van der Waals surface area contributed by atoms with Crippen LogP contribution in [0.25, 0.3) is 0 Å². The first-order valence-electron chi connectivity index (χ1n) is 16.3. The Hall–Kier alpha value is -3.92. The van der Waals surface area contributed by atoms with Crippen molar-refractivity contribution >= 4 is 30.1 Å². The zero-order valence-electron chi connectivity index (χ0n) is 27.0. The number of rotatable bonds is 16. The molecule has 4 rings (SSSR count). The van der Waals surface area contributed by atoms with E-state index in [0.29, 0.717) is 5.92 Å². The Morgan fingerprint density at radius 1 is 0.957 bits per heavy atom. The van der Waals surface area contributed by atoms with Crippen LogP contribution in [-0.2, 0) is 0 Å². The maximum absolute atomic E-state index is 4.50. The minimum Gasteiger partial charge on any atom is -0.355 e. The van der Waals surface area contributed by atoms with Crippen LogP contribution in [0.15, 0.2) is 191 Å². The van der Waals surface area contributed by atoms with Gasteiger partial charge in [-0.3, -0.25) is 0 Å². The summed E-state index contributed by atoms with van der Waals surface area (Å²) in [5.74, 6) is 1.10. The number of hydrogen-bond acceptors (Lipinski definition) is 3. The van der Waals surface area contributed by atoms with Crippen molar-refractivity contribution in [2.75, 3.05) is 11.1 Å². The first-order valence-corrected chi connectivity index (χ1v) is 17.7. The lowest BCUT2D eigenvalue weighted by Crippen LogP contribution is -2.01. The summed E-state index contributed by atoms with van der Waals surface area (Å²) in [6.07, 6.45) is 41.2. The smallest absolute Gasteiger partial charge is 0.0454 e. The Morgan fingerprint density at radius 3 is 2.57 bits per heavy atom. The second kappa shape index (κ2) is 20.3. The van der Waals surface area contributed by atoms with Gasteiger partial charge in [0.15, 0.2) is 0 Å². The van der Waals surface area contributed by atoms with E-state index in [1.807, 2.05) is 6.07 Å². The summed E-state index contributed by atoms with van der Waals surface area (Å²) in [7, 11) is 0. The number of thiol groups is 1. The molecule has 46 heavy (non-hydrogen) atoms. The van der Waals surface area contributed by atoms with Gasteiger partial charge in [-0.05, 0) is 103 Å². The summed E-state index contributed by atoms with van der Waals surface area (Å²) < 4.78 is 0. The average molecular weight is 642 g/mol. The second-order valence-corrected chi connectivity index (χ2v) is 12.8. The molecule has 1 N–H and O–H groups in total. The first kappa shape index (κ1) is 34.9. The largest absolute Gasteiger partial charge is 0.355 e. The first-order chi connectivity index (χ1) is 22.7. The third-order valence-corrected chi connectivity index (χ3v) is 9.00. The topological polar surface area (TPSA) is 12.0 Å². The van der Waals surface area contributed by atoms with E-state index in [9.17, 15) is 0 Å². The summed E-state index contributed by atoms with van der Waals surface area (Å²) in [5.41, 5.74) is 7.45. The number of hydrogen-bond donors (Lipinski definition) is 2. The molecule has 0 aromatic heterocycles. The molecule has 0 radical (unpaired) electrons. The summed E-state index contributed by atoms with van der Waals surface area (Å²) in [4.78, 5) is 2.42. The minimum absolute atomic E-state index is 0.364. The number of allylic oxidation sites excluding steroid dienone is 18. The Balaban J connectivity index is 1.45. The van der Waals surface area contributed by atoms with Crippen LogP contribution < -0.4 is 5.32 Å². The lowest BCUT2D eigenvalue weighted by Gasteiger charge is -2.19. The van der Waals surface area contributed by atoms with Crippen LogP contribution in [0.2, 0.25) is 0 Å². The average Bonchev–Trinajstić information content (AvgIpc) is 3.31. The molecule has 0 spiro atoms. The molecule has 2 aromatic rings. The Labute approximate surface area is 287 Å². The van der Waals surface area contributed by atoms with Gasteiger partial charge >= 0.3 is 0 Å². The van der Waals surface area contributed by atoms with Gasteiger partial charge in [0.1, 0.15) is 0 Å². The lowest BCUT2D eigenvalue weighted by molar-refractivity contribution is 0.698. The number of thioether (sulfide) groups is 1. The molecular formula is C43H47NS2. The monoisotopic (exact) mass is 641 g/mol. The second-order valence-electron chi connectivity index (χ2n) is 11.2. The summed E-state index contributed by atoms with van der Waals surface area (Å²) in [6, 6.07) is 19.2. The number of nitrogens with one attached hydrogen (secondary N) is 1. The van der Waals surface area contributed by atoms with Crippen molar-refractivity contribution in [2.45, 2.75) is 56.3 Å². The van der Waals surface area contributed by atoms with E-state index >= 15 is 0 Å². The molecular weight excluding hydrogens is 595 g/mol. The van der Waals surface area contributed by atoms with E-state index in [1.54, 1.807) is 11.8 Å². The fourth-order valence-electron chi connectivity index (χ4n) is 5.41. The van der Waals surface area contributed by atoms with Crippen molar-refractivity contribution in [3.63, 3.8) is 0 Å². The third kappa shape index (κ3) is 11.8. The van der Waals surface area contributed by atoms with Crippen LogP contribution in [0.1, 0.15) is 56.9 Å². The van der Waals surface area contributed by atoms with Crippen LogP contribution >= 0.6 is 24.4 Å². The van der Waals surface area contributed by atoms with Crippen molar-refractivity contribution in [2.24, 2.45) is 0 Å². The molecule has 0 saturated heterocycles. The molecule has 236 valence electrons. The predicted octanol–water partition coefficient (Wildman–Crippen LogP) is 12.8. The molecule has 1 atom stereocenters. The third-order valence-electron chi connectivity index (χ3n) is 7.77. The van der Waals surface area contributed by atoms with Gasteiger partial charge in [0.05, 0.1) is 0 Å². The molecule has 0 amide bonds. The van der Waals surface area contributed by atoms with Gasteiger partial charge in [-0.25, -0.2) is 0 Å². The molecule has 2 aliphatic carbocycles. The highest BCUT2D eigenvalue weighted by atomic mass is 32.2. The van der Waals surface area contributed by atoms with Gasteiger partial charge in [0.25, 0.3) is 0 Å². The molecule has 0 heterocycles. The Morgan fingerprint density at radius 2 is 1.76 bits per heavy atom. The van der Waals surface area contributed by atoms with E-state index < -0.39 is 0 Å². The maximum Gasteiger partial charge on any atom is 0.0454 e. The minimum atomic E-state index is 0.364. The van der Waals surface area contributed by atoms with Crippen LogP contribution in [0.3, 0.4) is 0 Å². The zero-order chi connectivity index (χ0) is 32.2. The Bertz CT molecular complexity index is 1590. The van der Waals surface area contributed by atoms with Crippen LogP contribution in [-0.4, -0.2) is 5.75 Å². The molecule has 0 fully saturated rings. The molecule has 2 aromatic carbocycles. The van der Waals surface area contributed by atoms with E-state index in [1.165, 1.54) is 27.2 Å². The number of anilines is 1. The van der Waals surface area contributed by atoms with Gasteiger partial charge in [-0.1, -0.05) is 146 Å². The standard InChI is InChI=1S/C43H47NS2/c1-3-4-5-9-23-38(26-19-25-37(33-34-45)36-21-10-6-11-22-36)41-30-16-17-32-43(41)46-35(2)20-18-27-39-24-12-7-15-31-42(39)44-40-28-13-8-14-29-40/h3-10,13-19,21,24-25,27-33,38,44-45H,2,11-12,20,22-23,26,34H2,1H3/b4-3-,9-5-,25-19-,27-18?,37-33+. The molecule has 0 bridgehead atoms. The molecule has 1 unspecified atom stereocenters. The highest BCUT2D eigenvalue weighted by Gasteiger charge is 2.15. The van der Waals surface area contributed by atoms with Gasteiger partial charge in [0, 0.05) is 22.0 Å². The molecule has 0 saturated carbocycles.